The van der Waals surface area contributed by atoms with E-state index >= 15 is 0 Å². The zero-order valence-corrected chi connectivity index (χ0v) is 11.7. The number of piperidine rings is 1. The molecule has 1 saturated heterocycles. The fraction of sp³-hybridized carbons (Fsp3) is 0.714. The molecule has 1 aliphatic rings. The van der Waals surface area contributed by atoms with Gasteiger partial charge in [-0.15, -0.1) is 0 Å². The number of rotatable bonds is 6. The Morgan fingerprint density at radius 1 is 1.53 bits per heavy atom. The molecular formula is C14H22N2O3. The second kappa shape index (κ2) is 7.27. The number of nitrogens with zero attached hydrogens (tertiary/aromatic N) is 2. The summed E-state index contributed by atoms with van der Waals surface area (Å²) in [7, 11) is 0. The third kappa shape index (κ3) is 3.79. The average molecular weight is 266 g/mol. The number of amides is 1. The highest BCUT2D eigenvalue weighted by Gasteiger charge is 2.42. The summed E-state index contributed by atoms with van der Waals surface area (Å²) < 4.78 is 11.5. The van der Waals surface area contributed by atoms with Gasteiger partial charge < -0.3 is 14.4 Å². The highest BCUT2D eigenvalue weighted by molar-refractivity contribution is 5.87. The van der Waals surface area contributed by atoms with Gasteiger partial charge in [-0.05, 0) is 19.9 Å². The van der Waals surface area contributed by atoms with Crippen molar-refractivity contribution in [2.75, 3.05) is 19.8 Å². The Bertz CT molecular complexity index is 356. The van der Waals surface area contributed by atoms with Crippen molar-refractivity contribution < 1.29 is 14.3 Å². The van der Waals surface area contributed by atoms with Gasteiger partial charge in [-0.25, -0.2) is 0 Å². The van der Waals surface area contributed by atoms with Crippen LogP contribution in [-0.4, -0.2) is 42.4 Å². The first-order valence-electron chi connectivity index (χ1n) is 6.70. The predicted octanol–water partition coefficient (Wildman–Crippen LogP) is 1.85. The van der Waals surface area contributed by atoms with E-state index in [-0.39, 0.29) is 18.4 Å². The summed E-state index contributed by atoms with van der Waals surface area (Å²) in [5.41, 5.74) is 0. The van der Waals surface area contributed by atoms with Crippen molar-refractivity contribution in [2.45, 2.75) is 44.9 Å². The Labute approximate surface area is 114 Å². The molecule has 1 heterocycles. The van der Waals surface area contributed by atoms with Gasteiger partial charge in [0, 0.05) is 32.6 Å². The lowest BCUT2D eigenvalue weighted by Crippen LogP contribution is -2.54. The fourth-order valence-corrected chi connectivity index (χ4v) is 2.57. The minimum absolute atomic E-state index is 0.137. The smallest absolute Gasteiger partial charge is 0.246 e. The van der Waals surface area contributed by atoms with Crippen LogP contribution in [0.3, 0.4) is 0 Å². The molecule has 0 bridgehead atoms. The molecule has 1 fully saturated rings. The topological polar surface area (TPSA) is 62.6 Å². The molecule has 0 aromatic heterocycles. The minimum atomic E-state index is -0.664. The van der Waals surface area contributed by atoms with E-state index in [1.807, 2.05) is 13.8 Å². The first-order chi connectivity index (χ1) is 9.12. The van der Waals surface area contributed by atoms with Gasteiger partial charge in [-0.1, -0.05) is 6.58 Å². The maximum atomic E-state index is 11.8. The van der Waals surface area contributed by atoms with Crippen molar-refractivity contribution >= 4 is 5.91 Å². The van der Waals surface area contributed by atoms with Crippen LogP contribution in [0.4, 0.5) is 0 Å². The number of hydrogen-bond donors (Lipinski definition) is 0. The molecule has 0 radical (unpaired) electrons. The van der Waals surface area contributed by atoms with Crippen LogP contribution in [0.25, 0.3) is 0 Å². The minimum Gasteiger partial charge on any atom is -0.350 e. The van der Waals surface area contributed by atoms with Gasteiger partial charge in [0.05, 0.1) is 18.5 Å². The molecule has 106 valence electrons. The Kier molecular flexibility index (Phi) is 6.00. The normalized spacial score (nSPS) is 21.7. The first kappa shape index (κ1) is 15.7. The molecule has 0 saturated carbocycles. The summed E-state index contributed by atoms with van der Waals surface area (Å²) in [6, 6.07) is 1.95. The zero-order valence-electron chi connectivity index (χ0n) is 11.7. The molecule has 19 heavy (non-hydrogen) atoms. The maximum absolute atomic E-state index is 11.8. The van der Waals surface area contributed by atoms with E-state index in [4.69, 9.17) is 14.7 Å². The fourth-order valence-electron chi connectivity index (χ4n) is 2.57. The van der Waals surface area contributed by atoms with Crippen molar-refractivity contribution in [3.63, 3.8) is 0 Å². The highest BCUT2D eigenvalue weighted by atomic mass is 16.7. The Hall–Kier alpha value is -1.38. The van der Waals surface area contributed by atoms with Crippen LogP contribution in [0.1, 0.15) is 33.1 Å². The quantitative estimate of drug-likeness (QED) is 0.543. The molecule has 0 N–H and O–H groups in total. The standard InChI is InChI=1S/C14H22N2O3/c1-4-13(17)16-10-8-14(18-5-2,19-6-3)11-12(16)7-9-15/h4,12H,1,5-8,10-11H2,2-3H3/t12-/m0/s1. The molecular weight excluding hydrogens is 244 g/mol. The largest absolute Gasteiger partial charge is 0.350 e. The molecule has 1 atom stereocenters. The molecule has 0 unspecified atom stereocenters. The number of hydrogen-bond acceptors (Lipinski definition) is 4. The van der Waals surface area contributed by atoms with E-state index in [9.17, 15) is 4.79 Å². The van der Waals surface area contributed by atoms with Gasteiger partial charge >= 0.3 is 0 Å². The number of ether oxygens (including phenoxy) is 2. The van der Waals surface area contributed by atoms with Gasteiger partial charge in [-0.2, -0.15) is 5.26 Å². The van der Waals surface area contributed by atoms with Crippen molar-refractivity contribution in [3.8, 4) is 6.07 Å². The summed E-state index contributed by atoms with van der Waals surface area (Å²) >= 11 is 0. The van der Waals surface area contributed by atoms with Crippen LogP contribution >= 0.6 is 0 Å². The third-order valence-corrected chi connectivity index (χ3v) is 3.32. The van der Waals surface area contributed by atoms with Gasteiger partial charge in [0.15, 0.2) is 5.79 Å². The summed E-state index contributed by atoms with van der Waals surface area (Å²) in [6.07, 6.45) is 2.72. The summed E-state index contributed by atoms with van der Waals surface area (Å²) in [5, 5.41) is 8.93. The summed E-state index contributed by atoms with van der Waals surface area (Å²) in [4.78, 5) is 13.5. The van der Waals surface area contributed by atoms with Gasteiger partial charge in [0.1, 0.15) is 0 Å². The van der Waals surface area contributed by atoms with Crippen molar-refractivity contribution in [3.05, 3.63) is 12.7 Å². The lowest BCUT2D eigenvalue weighted by molar-refractivity contribution is -0.259. The van der Waals surface area contributed by atoms with Crippen LogP contribution in [0.15, 0.2) is 12.7 Å². The molecule has 1 aliphatic heterocycles. The summed E-state index contributed by atoms with van der Waals surface area (Å²) in [5.74, 6) is -0.801. The van der Waals surface area contributed by atoms with E-state index in [0.717, 1.165) is 0 Å². The monoisotopic (exact) mass is 266 g/mol. The molecule has 0 spiro atoms. The molecule has 1 amide bonds. The SMILES string of the molecule is C=CC(=O)N1CCC(OCC)(OCC)C[C@@H]1CC#N. The third-order valence-electron chi connectivity index (χ3n) is 3.32. The zero-order chi connectivity index (χ0) is 14.3. The molecule has 1 rings (SSSR count). The maximum Gasteiger partial charge on any atom is 0.246 e. The van der Waals surface area contributed by atoms with E-state index in [2.05, 4.69) is 12.6 Å². The Morgan fingerprint density at radius 3 is 2.63 bits per heavy atom. The van der Waals surface area contributed by atoms with E-state index in [0.29, 0.717) is 32.6 Å². The van der Waals surface area contributed by atoms with Crippen LogP contribution in [0, 0.1) is 11.3 Å². The van der Waals surface area contributed by atoms with Crippen molar-refractivity contribution in [2.24, 2.45) is 0 Å². The van der Waals surface area contributed by atoms with Crippen LogP contribution in [-0.2, 0) is 14.3 Å². The van der Waals surface area contributed by atoms with Gasteiger partial charge in [0.25, 0.3) is 0 Å². The van der Waals surface area contributed by atoms with E-state index in [1.165, 1.54) is 6.08 Å². The molecule has 0 aromatic rings. The molecule has 5 nitrogen and oxygen atoms in total. The number of nitriles is 1. The number of likely N-dealkylation sites (tertiary alicyclic amines) is 1. The second-order valence-corrected chi connectivity index (χ2v) is 4.48. The lowest BCUT2D eigenvalue weighted by atomic mass is 9.93. The predicted molar refractivity (Wildman–Crippen MR) is 71.1 cm³/mol. The average Bonchev–Trinajstić information content (AvgIpc) is 2.39. The van der Waals surface area contributed by atoms with Crippen LogP contribution < -0.4 is 0 Å². The Morgan fingerprint density at radius 2 is 2.16 bits per heavy atom. The summed E-state index contributed by atoms with van der Waals surface area (Å²) in [6.45, 7) is 8.96. The molecule has 0 aromatic carbocycles. The molecule has 0 aliphatic carbocycles. The number of carbonyl (C=O) groups excluding carboxylic acids is 1. The van der Waals surface area contributed by atoms with Crippen molar-refractivity contribution in [1.29, 1.82) is 5.26 Å². The van der Waals surface area contributed by atoms with Gasteiger partial charge in [-0.3, -0.25) is 4.79 Å². The Balaban J connectivity index is 2.86. The van der Waals surface area contributed by atoms with Crippen molar-refractivity contribution in [1.82, 2.24) is 4.90 Å². The van der Waals surface area contributed by atoms with Crippen LogP contribution in [0.2, 0.25) is 0 Å². The van der Waals surface area contributed by atoms with Gasteiger partial charge in [0.2, 0.25) is 5.91 Å². The van der Waals surface area contributed by atoms with Crippen LogP contribution in [0.5, 0.6) is 0 Å². The lowest BCUT2D eigenvalue weighted by Gasteiger charge is -2.45. The highest BCUT2D eigenvalue weighted by Crippen LogP contribution is 2.33. The number of carbonyl (C=O) groups is 1. The van der Waals surface area contributed by atoms with E-state index < -0.39 is 5.79 Å². The molecule has 5 heteroatoms. The first-order valence-corrected chi connectivity index (χ1v) is 6.70. The van der Waals surface area contributed by atoms with E-state index in [1.54, 1.807) is 4.90 Å². The second-order valence-electron chi connectivity index (χ2n) is 4.48.